The molecule has 136 valence electrons. The first kappa shape index (κ1) is 22.1. The van der Waals surface area contributed by atoms with Crippen molar-refractivity contribution in [3.8, 4) is 0 Å². The van der Waals surface area contributed by atoms with Gasteiger partial charge >= 0.3 is 5.97 Å². The molecule has 0 radical (unpaired) electrons. The topological polar surface area (TPSA) is 98.0 Å². The van der Waals surface area contributed by atoms with E-state index >= 15 is 0 Å². The average molecular weight is 330 g/mol. The van der Waals surface area contributed by atoms with E-state index in [-0.39, 0.29) is 0 Å². The Morgan fingerprint density at radius 3 is 1.78 bits per heavy atom. The minimum Gasteiger partial charge on any atom is -0.479 e. The van der Waals surface area contributed by atoms with Crippen molar-refractivity contribution in [2.75, 3.05) is 6.61 Å². The van der Waals surface area contributed by atoms with Crippen molar-refractivity contribution in [1.82, 2.24) is 0 Å². The number of aliphatic carboxylic acids is 1. The van der Waals surface area contributed by atoms with Gasteiger partial charge in [0.25, 0.3) is 0 Å². The van der Waals surface area contributed by atoms with Gasteiger partial charge < -0.3 is 20.4 Å². The zero-order chi connectivity index (χ0) is 17.3. The lowest BCUT2D eigenvalue weighted by molar-refractivity contribution is -0.153. The lowest BCUT2D eigenvalue weighted by Gasteiger charge is -2.13. The molecule has 0 aliphatic rings. The molecule has 0 heterocycles. The summed E-state index contributed by atoms with van der Waals surface area (Å²) in [5.74, 6) is -1.36. The predicted molar refractivity (Wildman–Crippen MR) is 91.3 cm³/mol. The van der Waals surface area contributed by atoms with E-state index in [1.165, 1.54) is 19.3 Å². The van der Waals surface area contributed by atoms with E-state index in [2.05, 4.69) is 12.2 Å². The smallest absolute Gasteiger partial charge is 0.335 e. The summed E-state index contributed by atoms with van der Waals surface area (Å²) in [4.78, 5) is 10.5. The number of carboxylic acids is 1. The molecular weight excluding hydrogens is 296 g/mol. The van der Waals surface area contributed by atoms with Crippen LogP contribution >= 0.6 is 0 Å². The summed E-state index contributed by atoms with van der Waals surface area (Å²) in [6, 6.07) is 0. The molecule has 0 aliphatic heterocycles. The third kappa shape index (κ3) is 14.4. The van der Waals surface area contributed by atoms with E-state index in [1.807, 2.05) is 0 Å². The van der Waals surface area contributed by atoms with Crippen molar-refractivity contribution in [2.24, 2.45) is 0 Å². The van der Waals surface area contributed by atoms with Crippen molar-refractivity contribution < 1.29 is 25.2 Å². The van der Waals surface area contributed by atoms with E-state index in [1.54, 1.807) is 0 Å². The summed E-state index contributed by atoms with van der Waals surface area (Å²) in [5, 5.41) is 35.8. The first-order chi connectivity index (χ1) is 11.1. The predicted octanol–water partition coefficient (Wildman–Crippen LogP) is 3.02. The Morgan fingerprint density at radius 1 is 0.783 bits per heavy atom. The SMILES string of the molecule is O=C(O)C(O)C(O)CCCCCCC=CCCCCCCCO. The van der Waals surface area contributed by atoms with Gasteiger partial charge in [0.2, 0.25) is 0 Å². The Hall–Kier alpha value is -0.910. The molecule has 2 unspecified atom stereocenters. The average Bonchev–Trinajstić information content (AvgIpc) is 2.54. The molecule has 2 atom stereocenters. The second kappa shape index (κ2) is 16.0. The maximum absolute atomic E-state index is 10.5. The molecule has 0 aromatic heterocycles. The number of unbranched alkanes of at least 4 members (excludes halogenated alkanes) is 9. The highest BCUT2D eigenvalue weighted by Gasteiger charge is 2.22. The van der Waals surface area contributed by atoms with E-state index in [4.69, 9.17) is 15.3 Å². The number of hydrogen-bond donors (Lipinski definition) is 4. The highest BCUT2D eigenvalue weighted by molar-refractivity contribution is 5.72. The van der Waals surface area contributed by atoms with E-state index in [0.29, 0.717) is 13.0 Å². The van der Waals surface area contributed by atoms with Gasteiger partial charge in [-0.2, -0.15) is 0 Å². The summed E-state index contributed by atoms with van der Waals surface area (Å²) in [6.45, 7) is 0.305. The third-order valence-corrected chi connectivity index (χ3v) is 3.93. The summed E-state index contributed by atoms with van der Waals surface area (Å²) < 4.78 is 0. The molecule has 23 heavy (non-hydrogen) atoms. The fraction of sp³-hybridized carbons (Fsp3) is 0.833. The quantitative estimate of drug-likeness (QED) is 0.258. The summed E-state index contributed by atoms with van der Waals surface area (Å²) in [6.07, 6.45) is 13.7. The van der Waals surface area contributed by atoms with Crippen molar-refractivity contribution >= 4 is 5.97 Å². The Bertz CT molecular complexity index is 304. The number of carboxylic acid groups (broad SMARTS) is 1. The van der Waals surface area contributed by atoms with Crippen LogP contribution in [-0.4, -0.2) is 45.2 Å². The fourth-order valence-electron chi connectivity index (χ4n) is 2.43. The van der Waals surface area contributed by atoms with Gasteiger partial charge in [-0.3, -0.25) is 0 Å². The maximum atomic E-state index is 10.5. The highest BCUT2D eigenvalue weighted by atomic mass is 16.4. The van der Waals surface area contributed by atoms with Gasteiger partial charge in [0.05, 0.1) is 6.10 Å². The Morgan fingerprint density at radius 2 is 1.26 bits per heavy atom. The Labute approximate surface area is 140 Å². The van der Waals surface area contributed by atoms with Crippen LogP contribution in [0.15, 0.2) is 12.2 Å². The molecule has 0 fully saturated rings. The maximum Gasteiger partial charge on any atom is 0.335 e. The van der Waals surface area contributed by atoms with Crippen molar-refractivity contribution in [3.05, 3.63) is 12.2 Å². The number of allylic oxidation sites excluding steroid dienone is 2. The normalized spacial score (nSPS) is 14.2. The van der Waals surface area contributed by atoms with Gasteiger partial charge in [-0.25, -0.2) is 4.79 Å². The minimum absolute atomic E-state index is 0.305. The van der Waals surface area contributed by atoms with Gasteiger partial charge in [-0.05, 0) is 38.5 Å². The first-order valence-electron chi connectivity index (χ1n) is 8.94. The van der Waals surface area contributed by atoms with Gasteiger partial charge in [-0.1, -0.05) is 50.7 Å². The van der Waals surface area contributed by atoms with E-state index < -0.39 is 18.2 Å². The van der Waals surface area contributed by atoms with Crippen LogP contribution in [0.4, 0.5) is 0 Å². The number of aliphatic hydroxyl groups excluding tert-OH is 3. The molecule has 5 nitrogen and oxygen atoms in total. The number of aliphatic hydroxyl groups is 3. The Kier molecular flexibility index (Phi) is 15.3. The second-order valence-electron chi connectivity index (χ2n) is 6.09. The van der Waals surface area contributed by atoms with Crippen molar-refractivity contribution in [2.45, 2.75) is 89.3 Å². The van der Waals surface area contributed by atoms with Crippen LogP contribution in [0, 0.1) is 0 Å². The molecule has 0 bridgehead atoms. The Balaban J connectivity index is 3.29. The van der Waals surface area contributed by atoms with Crippen LogP contribution in [0.3, 0.4) is 0 Å². The molecule has 0 aliphatic carbocycles. The number of rotatable bonds is 16. The van der Waals surface area contributed by atoms with Crippen LogP contribution in [0.2, 0.25) is 0 Å². The molecule has 5 heteroatoms. The lowest BCUT2D eigenvalue weighted by Crippen LogP contribution is -2.33. The van der Waals surface area contributed by atoms with Crippen LogP contribution in [0.5, 0.6) is 0 Å². The van der Waals surface area contributed by atoms with Crippen LogP contribution in [-0.2, 0) is 4.79 Å². The van der Waals surface area contributed by atoms with Gasteiger partial charge in [-0.15, -0.1) is 0 Å². The molecule has 4 N–H and O–H groups in total. The molecule has 0 aromatic rings. The lowest BCUT2D eigenvalue weighted by atomic mass is 10.0. The van der Waals surface area contributed by atoms with Crippen LogP contribution in [0.1, 0.15) is 77.0 Å². The molecule has 0 saturated carbocycles. The molecule has 0 saturated heterocycles. The molecule has 0 spiro atoms. The summed E-state index contributed by atoms with van der Waals surface area (Å²) >= 11 is 0. The molecule has 0 rings (SSSR count). The van der Waals surface area contributed by atoms with Gasteiger partial charge in [0.1, 0.15) is 0 Å². The molecule has 0 amide bonds. The van der Waals surface area contributed by atoms with Gasteiger partial charge in [0, 0.05) is 6.61 Å². The molecule has 0 aromatic carbocycles. The van der Waals surface area contributed by atoms with Gasteiger partial charge in [0.15, 0.2) is 6.10 Å². The monoisotopic (exact) mass is 330 g/mol. The van der Waals surface area contributed by atoms with E-state index in [9.17, 15) is 9.90 Å². The minimum atomic E-state index is -1.67. The van der Waals surface area contributed by atoms with E-state index in [0.717, 1.165) is 51.4 Å². The van der Waals surface area contributed by atoms with Crippen LogP contribution < -0.4 is 0 Å². The zero-order valence-corrected chi connectivity index (χ0v) is 14.2. The largest absolute Gasteiger partial charge is 0.479 e. The standard InChI is InChI=1S/C18H34O5/c19-15-13-11-9-7-5-3-1-2-4-6-8-10-12-14-16(20)17(21)18(22)23/h1-2,16-17,19-21H,3-15H2,(H,22,23). The van der Waals surface area contributed by atoms with Crippen LogP contribution in [0.25, 0.3) is 0 Å². The fourth-order valence-corrected chi connectivity index (χ4v) is 2.43. The number of carbonyl (C=O) groups is 1. The molecular formula is C18H34O5. The second-order valence-corrected chi connectivity index (χ2v) is 6.09. The first-order valence-corrected chi connectivity index (χ1v) is 8.94. The van der Waals surface area contributed by atoms with Crippen molar-refractivity contribution in [3.63, 3.8) is 0 Å². The van der Waals surface area contributed by atoms with Crippen molar-refractivity contribution in [1.29, 1.82) is 0 Å². The number of hydrogen-bond acceptors (Lipinski definition) is 4. The zero-order valence-electron chi connectivity index (χ0n) is 14.2. The highest BCUT2D eigenvalue weighted by Crippen LogP contribution is 2.11. The summed E-state index contributed by atoms with van der Waals surface area (Å²) in [5.41, 5.74) is 0. The third-order valence-electron chi connectivity index (χ3n) is 3.93. The summed E-state index contributed by atoms with van der Waals surface area (Å²) in [7, 11) is 0.